The van der Waals surface area contributed by atoms with Crippen LogP contribution in [0.2, 0.25) is 0 Å². The van der Waals surface area contributed by atoms with E-state index in [1.165, 1.54) is 12.1 Å². The summed E-state index contributed by atoms with van der Waals surface area (Å²) in [7, 11) is 0. The molecule has 1 rings (SSSR count). The van der Waals surface area contributed by atoms with Crippen molar-refractivity contribution in [2.45, 2.75) is 0 Å². The highest BCUT2D eigenvalue weighted by molar-refractivity contribution is 5.52. The van der Waals surface area contributed by atoms with E-state index in [9.17, 15) is 4.79 Å². The maximum Gasteiger partial charge on any atom is 0.346 e. The molecule has 0 spiro atoms. The molecule has 0 amide bonds. The summed E-state index contributed by atoms with van der Waals surface area (Å²) in [6, 6.07) is 1.29. The molecule has 3 nitrogen and oxygen atoms in total. The lowest BCUT2D eigenvalue weighted by Gasteiger charge is -1.92. The van der Waals surface area contributed by atoms with E-state index in [4.69, 9.17) is 5.11 Å². The van der Waals surface area contributed by atoms with Crippen LogP contribution >= 0.6 is 0 Å². The van der Waals surface area contributed by atoms with Crippen LogP contribution in [0.4, 0.5) is 0 Å². The molecule has 1 N–H and O–H groups in total. The lowest BCUT2D eigenvalue weighted by atomic mass is 10.3. The summed E-state index contributed by atoms with van der Waals surface area (Å²) < 4.78 is 4.44. The van der Waals surface area contributed by atoms with Crippen LogP contribution < -0.4 is 5.63 Å². The number of aromatic hydroxyl groups is 1. The summed E-state index contributed by atoms with van der Waals surface area (Å²) in [5, 5.41) is 8.96. The van der Waals surface area contributed by atoms with Crippen molar-refractivity contribution in [3.8, 4) is 5.75 Å². The second-order valence-corrected chi connectivity index (χ2v) is 1.71. The van der Waals surface area contributed by atoms with Crippen LogP contribution in [0, 0.1) is 0 Å². The molecule has 0 aromatic carbocycles. The fourth-order valence-electron chi connectivity index (χ4n) is 0.606. The Balaban J connectivity index is 3.45. The molecule has 0 unspecified atom stereocenters. The summed E-state index contributed by atoms with van der Waals surface area (Å²) >= 11 is 0. The zero-order valence-corrected chi connectivity index (χ0v) is 5.20. The lowest BCUT2D eigenvalue weighted by Crippen LogP contribution is -2.00. The number of rotatable bonds is 1. The predicted molar refractivity (Wildman–Crippen MR) is 36.7 cm³/mol. The first-order chi connectivity index (χ1) is 4.75. The molecule has 0 radical (unpaired) electrons. The van der Waals surface area contributed by atoms with Crippen LogP contribution in [0.5, 0.6) is 5.75 Å². The third-order valence-corrected chi connectivity index (χ3v) is 1.10. The molecule has 1 aromatic rings. The molecule has 10 heavy (non-hydrogen) atoms. The zero-order valence-electron chi connectivity index (χ0n) is 5.20. The van der Waals surface area contributed by atoms with Crippen molar-refractivity contribution in [2.24, 2.45) is 0 Å². The van der Waals surface area contributed by atoms with E-state index in [1.807, 2.05) is 0 Å². The van der Waals surface area contributed by atoms with Gasteiger partial charge in [0.25, 0.3) is 0 Å². The maximum atomic E-state index is 10.7. The maximum absolute atomic E-state index is 10.7. The molecule has 1 aromatic heterocycles. The Morgan fingerprint density at radius 2 is 2.40 bits per heavy atom. The minimum Gasteiger partial charge on any atom is -0.507 e. The van der Waals surface area contributed by atoms with Gasteiger partial charge in [0.05, 0.1) is 6.26 Å². The van der Waals surface area contributed by atoms with E-state index >= 15 is 0 Å². The Bertz CT molecular complexity index is 298. The van der Waals surface area contributed by atoms with Crippen molar-refractivity contribution in [3.63, 3.8) is 0 Å². The molecular weight excluding hydrogens is 132 g/mol. The van der Waals surface area contributed by atoms with Crippen molar-refractivity contribution in [1.82, 2.24) is 0 Å². The molecule has 0 saturated carbocycles. The van der Waals surface area contributed by atoms with Crippen LogP contribution in [0.15, 0.2) is 28.1 Å². The van der Waals surface area contributed by atoms with Gasteiger partial charge in [0.15, 0.2) is 0 Å². The Labute approximate surface area is 57.2 Å². The normalized spacial score (nSPS) is 9.20. The van der Waals surface area contributed by atoms with Crippen molar-refractivity contribution in [3.05, 3.63) is 34.9 Å². The van der Waals surface area contributed by atoms with E-state index in [0.29, 0.717) is 0 Å². The first-order valence-electron chi connectivity index (χ1n) is 2.69. The summed E-state index contributed by atoms with van der Waals surface area (Å²) in [5.74, 6) is -0.105. The van der Waals surface area contributed by atoms with Crippen molar-refractivity contribution < 1.29 is 9.52 Å². The lowest BCUT2D eigenvalue weighted by molar-refractivity contribution is 0.445. The topological polar surface area (TPSA) is 50.4 Å². The van der Waals surface area contributed by atoms with Crippen LogP contribution in [0.3, 0.4) is 0 Å². The molecule has 52 valence electrons. The summed E-state index contributed by atoms with van der Waals surface area (Å²) in [4.78, 5) is 10.7. The van der Waals surface area contributed by atoms with Crippen LogP contribution in [0.25, 0.3) is 6.08 Å². The number of hydrogen-bond acceptors (Lipinski definition) is 3. The highest BCUT2D eigenvalue weighted by atomic mass is 16.4. The second kappa shape index (κ2) is 2.39. The SMILES string of the molecule is C=Cc1c(O)ccoc1=O. The van der Waals surface area contributed by atoms with Gasteiger partial charge in [-0.25, -0.2) is 4.79 Å². The average Bonchev–Trinajstić information content (AvgIpc) is 1.88. The zero-order chi connectivity index (χ0) is 7.56. The van der Waals surface area contributed by atoms with E-state index in [1.54, 1.807) is 0 Å². The fraction of sp³-hybridized carbons (Fsp3) is 0. The van der Waals surface area contributed by atoms with Crippen LogP contribution in [-0.4, -0.2) is 5.11 Å². The quantitative estimate of drug-likeness (QED) is 0.629. The fourth-order valence-corrected chi connectivity index (χ4v) is 0.606. The summed E-state index contributed by atoms with van der Waals surface area (Å²) in [5.41, 5.74) is -0.475. The molecule has 0 fully saturated rings. The Kier molecular flexibility index (Phi) is 1.58. The summed E-state index contributed by atoms with van der Waals surface area (Å²) in [6.07, 6.45) is 2.38. The van der Waals surface area contributed by atoms with Gasteiger partial charge in [-0.1, -0.05) is 12.7 Å². The first-order valence-corrected chi connectivity index (χ1v) is 2.69. The Hall–Kier alpha value is -1.51. The van der Waals surface area contributed by atoms with Gasteiger partial charge in [0.2, 0.25) is 0 Å². The van der Waals surface area contributed by atoms with E-state index < -0.39 is 5.63 Å². The monoisotopic (exact) mass is 138 g/mol. The molecule has 1 heterocycles. The van der Waals surface area contributed by atoms with Gasteiger partial charge in [0, 0.05) is 6.07 Å². The van der Waals surface area contributed by atoms with E-state index in [-0.39, 0.29) is 11.3 Å². The molecule has 0 atom stereocenters. The van der Waals surface area contributed by atoms with Gasteiger partial charge in [-0.05, 0) is 0 Å². The molecule has 0 bridgehead atoms. The second-order valence-electron chi connectivity index (χ2n) is 1.71. The number of hydrogen-bond donors (Lipinski definition) is 1. The van der Waals surface area contributed by atoms with Gasteiger partial charge in [0.1, 0.15) is 11.3 Å². The molecular formula is C7H6O3. The van der Waals surface area contributed by atoms with Gasteiger partial charge >= 0.3 is 5.63 Å². The third-order valence-electron chi connectivity index (χ3n) is 1.10. The molecule has 3 heteroatoms. The third kappa shape index (κ3) is 0.932. The van der Waals surface area contributed by atoms with Gasteiger partial charge in [-0.15, -0.1) is 0 Å². The van der Waals surface area contributed by atoms with Crippen molar-refractivity contribution >= 4 is 6.08 Å². The molecule has 0 aliphatic carbocycles. The molecule has 0 aliphatic rings. The standard InChI is InChI=1S/C7H6O3/c1-2-5-6(8)3-4-10-7(5)9/h2-4,8H,1H2. The van der Waals surface area contributed by atoms with Gasteiger partial charge < -0.3 is 9.52 Å². The highest BCUT2D eigenvalue weighted by Gasteiger charge is 2.00. The average molecular weight is 138 g/mol. The van der Waals surface area contributed by atoms with Crippen LogP contribution in [-0.2, 0) is 0 Å². The highest BCUT2D eigenvalue weighted by Crippen LogP contribution is 2.11. The Morgan fingerprint density at radius 1 is 1.70 bits per heavy atom. The Morgan fingerprint density at radius 3 is 2.80 bits per heavy atom. The van der Waals surface area contributed by atoms with E-state index in [0.717, 1.165) is 6.26 Å². The van der Waals surface area contributed by atoms with Crippen LogP contribution in [0.1, 0.15) is 5.56 Å². The minimum atomic E-state index is -0.574. The minimum absolute atomic E-state index is 0.0995. The van der Waals surface area contributed by atoms with Crippen molar-refractivity contribution in [2.75, 3.05) is 0 Å². The summed E-state index contributed by atoms with van der Waals surface area (Å²) in [6.45, 7) is 3.33. The van der Waals surface area contributed by atoms with Gasteiger partial charge in [-0.3, -0.25) is 0 Å². The largest absolute Gasteiger partial charge is 0.507 e. The van der Waals surface area contributed by atoms with Gasteiger partial charge in [-0.2, -0.15) is 0 Å². The van der Waals surface area contributed by atoms with Crippen molar-refractivity contribution in [1.29, 1.82) is 0 Å². The molecule has 0 aliphatic heterocycles. The smallest absolute Gasteiger partial charge is 0.346 e. The first kappa shape index (κ1) is 6.61. The molecule has 0 saturated heterocycles. The van der Waals surface area contributed by atoms with E-state index in [2.05, 4.69) is 11.0 Å². The predicted octanol–water partition coefficient (Wildman–Crippen LogP) is 0.988.